The normalized spacial score (nSPS) is 19.8. The summed E-state index contributed by atoms with van der Waals surface area (Å²) in [5.74, 6) is 7.10. The Morgan fingerprint density at radius 3 is 3.06 bits per heavy atom. The van der Waals surface area contributed by atoms with Gasteiger partial charge in [0, 0.05) is 12.0 Å². The first-order chi connectivity index (χ1) is 8.74. The molecule has 2 rings (SSSR count). The van der Waals surface area contributed by atoms with Gasteiger partial charge in [-0.05, 0) is 30.9 Å². The minimum Gasteiger partial charge on any atom is -0.493 e. The van der Waals surface area contributed by atoms with Crippen LogP contribution in [0.4, 0.5) is 0 Å². The quantitative estimate of drug-likeness (QED) is 0.476. The van der Waals surface area contributed by atoms with E-state index in [0.29, 0.717) is 5.92 Å². The summed E-state index contributed by atoms with van der Waals surface area (Å²) in [6.07, 6.45) is 2.94. The fraction of sp³-hybridized carbons (Fsp3) is 0.467. The lowest BCUT2D eigenvalue weighted by atomic mass is 9.87. The minimum atomic E-state index is 0.241. The van der Waals surface area contributed by atoms with Gasteiger partial charge in [0.1, 0.15) is 5.75 Å². The number of ether oxygens (including phenoxy) is 1. The predicted octanol–water partition coefficient (Wildman–Crippen LogP) is 2.43. The van der Waals surface area contributed by atoms with E-state index in [9.17, 15) is 0 Å². The lowest BCUT2D eigenvalue weighted by Gasteiger charge is -2.31. The van der Waals surface area contributed by atoms with Crippen molar-refractivity contribution in [3.63, 3.8) is 0 Å². The number of hydrogen-bond donors (Lipinski definition) is 2. The first-order valence-electron chi connectivity index (χ1n) is 6.58. The summed E-state index contributed by atoms with van der Waals surface area (Å²) in [5.41, 5.74) is 5.43. The zero-order valence-electron chi connectivity index (χ0n) is 11.0. The van der Waals surface area contributed by atoms with Gasteiger partial charge in [-0.2, -0.15) is 0 Å². The van der Waals surface area contributed by atoms with Crippen LogP contribution in [-0.2, 0) is 6.42 Å². The van der Waals surface area contributed by atoms with Crippen LogP contribution in [0.5, 0.6) is 5.75 Å². The topological polar surface area (TPSA) is 47.3 Å². The van der Waals surface area contributed by atoms with Crippen molar-refractivity contribution >= 4 is 0 Å². The minimum absolute atomic E-state index is 0.241. The van der Waals surface area contributed by atoms with E-state index in [2.05, 4.69) is 31.1 Å². The number of fused-ring (bicyclic) bond motifs is 1. The van der Waals surface area contributed by atoms with Crippen LogP contribution in [0.2, 0.25) is 0 Å². The molecule has 3 N–H and O–H groups in total. The largest absolute Gasteiger partial charge is 0.493 e. The molecule has 2 atom stereocenters. The van der Waals surface area contributed by atoms with Gasteiger partial charge in [0.2, 0.25) is 0 Å². The Hall–Kier alpha value is -1.32. The zero-order valence-corrected chi connectivity index (χ0v) is 11.0. The molecule has 1 heterocycles. The molecule has 1 aliphatic heterocycles. The number of benzene rings is 1. The molecule has 0 spiro atoms. The highest BCUT2D eigenvalue weighted by Gasteiger charge is 2.26. The van der Waals surface area contributed by atoms with Crippen molar-refractivity contribution in [2.24, 2.45) is 11.8 Å². The number of rotatable bonds is 5. The van der Waals surface area contributed by atoms with Gasteiger partial charge in [-0.25, -0.2) is 0 Å². The lowest BCUT2D eigenvalue weighted by molar-refractivity contribution is 0.183. The number of hydrogen-bond acceptors (Lipinski definition) is 3. The number of nitrogens with two attached hydrogens (primary N) is 1. The van der Waals surface area contributed by atoms with Crippen LogP contribution >= 0.6 is 0 Å². The van der Waals surface area contributed by atoms with Gasteiger partial charge in [-0.3, -0.25) is 11.3 Å². The van der Waals surface area contributed by atoms with Crippen molar-refractivity contribution in [3.8, 4) is 5.75 Å². The lowest BCUT2D eigenvalue weighted by Crippen LogP contribution is -2.45. The maximum Gasteiger partial charge on any atom is 0.122 e. The Labute approximate surface area is 109 Å². The second kappa shape index (κ2) is 6.03. The Bertz CT molecular complexity index is 417. The number of nitrogens with one attached hydrogen (secondary N) is 1. The van der Waals surface area contributed by atoms with E-state index in [1.807, 2.05) is 12.1 Å². The van der Waals surface area contributed by atoms with Crippen LogP contribution in [0.3, 0.4) is 0 Å². The van der Waals surface area contributed by atoms with Crippen molar-refractivity contribution in [1.82, 2.24) is 5.43 Å². The fourth-order valence-electron chi connectivity index (χ4n) is 2.43. The van der Waals surface area contributed by atoms with Crippen LogP contribution in [0.25, 0.3) is 0 Å². The molecule has 0 saturated carbocycles. The average molecular weight is 246 g/mol. The Kier molecular flexibility index (Phi) is 4.39. The second-order valence-electron chi connectivity index (χ2n) is 4.96. The van der Waals surface area contributed by atoms with E-state index in [-0.39, 0.29) is 6.04 Å². The molecule has 0 fully saturated rings. The molecule has 0 radical (unpaired) electrons. The number of hydrazine groups is 1. The highest BCUT2D eigenvalue weighted by Crippen LogP contribution is 2.29. The van der Waals surface area contributed by atoms with E-state index in [4.69, 9.17) is 10.6 Å². The summed E-state index contributed by atoms with van der Waals surface area (Å²) in [5, 5.41) is 0. The average Bonchev–Trinajstić information content (AvgIpc) is 2.44. The maximum absolute atomic E-state index is 5.81. The van der Waals surface area contributed by atoms with Crippen LogP contribution in [0, 0.1) is 5.92 Å². The Morgan fingerprint density at radius 1 is 1.56 bits per heavy atom. The predicted molar refractivity (Wildman–Crippen MR) is 74.3 cm³/mol. The molecule has 0 amide bonds. The highest BCUT2D eigenvalue weighted by molar-refractivity contribution is 5.35. The molecular formula is C15H22N2O. The van der Waals surface area contributed by atoms with Crippen molar-refractivity contribution in [3.05, 3.63) is 42.0 Å². The monoisotopic (exact) mass is 246 g/mol. The van der Waals surface area contributed by atoms with Gasteiger partial charge in [-0.15, -0.1) is 0 Å². The van der Waals surface area contributed by atoms with Gasteiger partial charge in [0.05, 0.1) is 6.61 Å². The zero-order chi connectivity index (χ0) is 13.0. The van der Waals surface area contributed by atoms with Crippen LogP contribution in [0.15, 0.2) is 36.4 Å². The molecule has 98 valence electrons. The van der Waals surface area contributed by atoms with Gasteiger partial charge in [0.15, 0.2) is 0 Å². The molecule has 3 nitrogen and oxygen atoms in total. The molecule has 0 bridgehead atoms. The van der Waals surface area contributed by atoms with Crippen molar-refractivity contribution in [2.75, 3.05) is 6.61 Å². The molecule has 1 aromatic rings. The van der Waals surface area contributed by atoms with Crippen LogP contribution in [0.1, 0.15) is 25.3 Å². The molecule has 1 aromatic carbocycles. The van der Waals surface area contributed by atoms with Crippen LogP contribution in [-0.4, -0.2) is 12.6 Å². The first kappa shape index (κ1) is 13.1. The van der Waals surface area contributed by atoms with Crippen molar-refractivity contribution in [2.45, 2.75) is 32.2 Å². The van der Waals surface area contributed by atoms with Crippen LogP contribution < -0.4 is 16.0 Å². The molecule has 1 aliphatic rings. The molecule has 18 heavy (non-hydrogen) atoms. The van der Waals surface area contributed by atoms with E-state index in [1.165, 1.54) is 11.1 Å². The summed E-state index contributed by atoms with van der Waals surface area (Å²) >= 11 is 0. The SMILES string of the molecule is C=C(CC)CC(NN)C1COc2ccccc2C1. The fourth-order valence-corrected chi connectivity index (χ4v) is 2.43. The third kappa shape index (κ3) is 2.92. The summed E-state index contributed by atoms with van der Waals surface area (Å²) < 4.78 is 5.81. The molecule has 0 aromatic heterocycles. The summed E-state index contributed by atoms with van der Waals surface area (Å²) in [6.45, 7) is 6.92. The van der Waals surface area contributed by atoms with E-state index in [0.717, 1.165) is 31.6 Å². The highest BCUT2D eigenvalue weighted by atomic mass is 16.5. The van der Waals surface area contributed by atoms with Gasteiger partial charge in [-0.1, -0.05) is 37.3 Å². The van der Waals surface area contributed by atoms with Gasteiger partial charge in [0.25, 0.3) is 0 Å². The maximum atomic E-state index is 5.81. The Balaban J connectivity index is 2.04. The molecule has 0 aliphatic carbocycles. The smallest absolute Gasteiger partial charge is 0.122 e. The van der Waals surface area contributed by atoms with Crippen molar-refractivity contribution in [1.29, 1.82) is 0 Å². The van der Waals surface area contributed by atoms with Gasteiger partial charge < -0.3 is 4.74 Å². The van der Waals surface area contributed by atoms with E-state index >= 15 is 0 Å². The summed E-state index contributed by atoms with van der Waals surface area (Å²) in [7, 11) is 0. The molecule has 0 saturated heterocycles. The molecule has 2 unspecified atom stereocenters. The standard InChI is InChI=1S/C15H22N2O/c1-3-11(2)8-14(17-16)13-9-12-6-4-5-7-15(12)18-10-13/h4-7,13-14,17H,2-3,8-10,16H2,1H3. The van der Waals surface area contributed by atoms with Gasteiger partial charge >= 0.3 is 0 Å². The second-order valence-corrected chi connectivity index (χ2v) is 4.96. The Morgan fingerprint density at radius 2 is 2.33 bits per heavy atom. The molecular weight excluding hydrogens is 224 g/mol. The third-order valence-electron chi connectivity index (χ3n) is 3.70. The van der Waals surface area contributed by atoms with Crippen molar-refractivity contribution < 1.29 is 4.74 Å². The van der Waals surface area contributed by atoms with E-state index < -0.39 is 0 Å². The first-order valence-corrected chi connectivity index (χ1v) is 6.58. The summed E-state index contributed by atoms with van der Waals surface area (Å²) in [4.78, 5) is 0. The van der Waals surface area contributed by atoms with E-state index in [1.54, 1.807) is 0 Å². The molecule has 3 heteroatoms. The third-order valence-corrected chi connectivity index (χ3v) is 3.70. The number of para-hydroxylation sites is 1. The summed E-state index contributed by atoms with van der Waals surface area (Å²) in [6, 6.07) is 8.47.